The van der Waals surface area contributed by atoms with E-state index < -0.39 is 0 Å². The van der Waals surface area contributed by atoms with Gasteiger partial charge in [0.05, 0.1) is 12.5 Å². The normalized spacial score (nSPS) is 11.0. The lowest BCUT2D eigenvalue weighted by molar-refractivity contribution is 0.415. The standard InChI is InChI=1S/C19H13Cl2N3OS/c1-25-14-4-2-11(3-5-14)17-9-16-18(24-17)22-10-23-19(16)26-15-7-12(20)6-13(21)8-15/h2-10H,1H3,(H,22,23,24). The van der Waals surface area contributed by atoms with Crippen molar-refractivity contribution in [3.05, 3.63) is 64.9 Å². The fraction of sp³-hybridized carbons (Fsp3) is 0.0526. The lowest BCUT2D eigenvalue weighted by Crippen LogP contribution is -1.85. The largest absolute Gasteiger partial charge is 0.497 e. The molecule has 0 unspecified atom stereocenters. The molecule has 0 spiro atoms. The van der Waals surface area contributed by atoms with E-state index in [2.05, 4.69) is 15.0 Å². The third-order valence-corrected chi connectivity index (χ3v) is 5.27. The second-order valence-corrected chi connectivity index (χ2v) is 7.49. The van der Waals surface area contributed by atoms with Crippen LogP contribution in [0.3, 0.4) is 0 Å². The first-order valence-corrected chi connectivity index (χ1v) is 9.32. The van der Waals surface area contributed by atoms with Crippen LogP contribution in [0.15, 0.2) is 64.8 Å². The third kappa shape index (κ3) is 3.51. The van der Waals surface area contributed by atoms with Crippen molar-refractivity contribution >= 4 is 46.0 Å². The van der Waals surface area contributed by atoms with Gasteiger partial charge in [0.2, 0.25) is 0 Å². The molecule has 0 fully saturated rings. The van der Waals surface area contributed by atoms with Gasteiger partial charge in [0.15, 0.2) is 0 Å². The Balaban J connectivity index is 1.73. The lowest BCUT2D eigenvalue weighted by atomic mass is 10.1. The maximum Gasteiger partial charge on any atom is 0.142 e. The lowest BCUT2D eigenvalue weighted by Gasteiger charge is -2.03. The van der Waals surface area contributed by atoms with Gasteiger partial charge in [0.1, 0.15) is 22.7 Å². The van der Waals surface area contributed by atoms with E-state index in [1.54, 1.807) is 19.5 Å². The summed E-state index contributed by atoms with van der Waals surface area (Å²) in [7, 11) is 1.65. The Hall–Kier alpha value is -2.21. The number of nitrogens with one attached hydrogen (secondary N) is 1. The van der Waals surface area contributed by atoms with Gasteiger partial charge in [-0.2, -0.15) is 0 Å². The molecule has 2 aromatic heterocycles. The first kappa shape index (κ1) is 17.2. The first-order valence-electron chi connectivity index (χ1n) is 7.74. The second-order valence-electron chi connectivity index (χ2n) is 5.56. The van der Waals surface area contributed by atoms with E-state index >= 15 is 0 Å². The summed E-state index contributed by atoms with van der Waals surface area (Å²) in [5.74, 6) is 0.818. The molecule has 7 heteroatoms. The molecule has 2 heterocycles. The number of hydrogen-bond donors (Lipinski definition) is 1. The maximum absolute atomic E-state index is 6.10. The summed E-state index contributed by atoms with van der Waals surface area (Å²) in [6.45, 7) is 0. The van der Waals surface area contributed by atoms with Crippen LogP contribution >= 0.6 is 35.0 Å². The molecule has 0 amide bonds. The number of rotatable bonds is 4. The Labute approximate surface area is 164 Å². The summed E-state index contributed by atoms with van der Waals surface area (Å²) in [6.07, 6.45) is 1.55. The number of nitrogens with zero attached hydrogens (tertiary/aromatic N) is 2. The van der Waals surface area contributed by atoms with Gasteiger partial charge >= 0.3 is 0 Å². The SMILES string of the molecule is COc1ccc(-c2cc3c(Sc4cc(Cl)cc(Cl)c4)ncnc3[nH]2)cc1. The van der Waals surface area contributed by atoms with E-state index in [-0.39, 0.29) is 0 Å². The van der Waals surface area contributed by atoms with Crippen molar-refractivity contribution in [1.82, 2.24) is 15.0 Å². The van der Waals surface area contributed by atoms with E-state index in [4.69, 9.17) is 27.9 Å². The molecule has 0 aliphatic rings. The zero-order chi connectivity index (χ0) is 18.1. The molecular weight excluding hydrogens is 389 g/mol. The molecule has 4 nitrogen and oxygen atoms in total. The first-order chi connectivity index (χ1) is 12.6. The molecule has 26 heavy (non-hydrogen) atoms. The van der Waals surface area contributed by atoms with Crippen LogP contribution in [0, 0.1) is 0 Å². The van der Waals surface area contributed by atoms with Crippen LogP contribution in [0.4, 0.5) is 0 Å². The Morgan fingerprint density at radius 3 is 2.38 bits per heavy atom. The van der Waals surface area contributed by atoms with Crippen molar-refractivity contribution in [2.45, 2.75) is 9.92 Å². The summed E-state index contributed by atoms with van der Waals surface area (Å²) in [5.41, 5.74) is 2.79. The van der Waals surface area contributed by atoms with E-state index in [9.17, 15) is 0 Å². The molecule has 4 rings (SSSR count). The fourth-order valence-corrected chi connectivity index (χ4v) is 4.24. The molecule has 0 aliphatic heterocycles. The zero-order valence-electron chi connectivity index (χ0n) is 13.7. The number of fused-ring (bicyclic) bond motifs is 1. The van der Waals surface area contributed by atoms with E-state index in [0.717, 1.165) is 38.0 Å². The van der Waals surface area contributed by atoms with Crippen molar-refractivity contribution in [2.75, 3.05) is 7.11 Å². The Bertz CT molecular complexity index is 1060. The van der Waals surface area contributed by atoms with Crippen molar-refractivity contribution in [3.8, 4) is 17.0 Å². The van der Waals surface area contributed by atoms with Crippen molar-refractivity contribution in [1.29, 1.82) is 0 Å². The number of benzene rings is 2. The van der Waals surface area contributed by atoms with Gasteiger partial charge in [-0.1, -0.05) is 35.0 Å². The van der Waals surface area contributed by atoms with Crippen molar-refractivity contribution in [2.24, 2.45) is 0 Å². The molecule has 0 atom stereocenters. The summed E-state index contributed by atoms with van der Waals surface area (Å²) < 4.78 is 5.21. The highest BCUT2D eigenvalue weighted by molar-refractivity contribution is 7.99. The highest BCUT2D eigenvalue weighted by Gasteiger charge is 2.11. The Kier molecular flexibility index (Phi) is 4.76. The minimum absolute atomic E-state index is 0.596. The molecule has 0 radical (unpaired) electrons. The molecule has 1 N–H and O–H groups in total. The summed E-state index contributed by atoms with van der Waals surface area (Å²) >= 11 is 13.7. The number of ether oxygens (including phenoxy) is 1. The van der Waals surface area contributed by atoms with Crippen molar-refractivity contribution in [3.63, 3.8) is 0 Å². The summed E-state index contributed by atoms with van der Waals surface area (Å²) in [5, 5.41) is 2.97. The van der Waals surface area contributed by atoms with Gasteiger partial charge in [-0.25, -0.2) is 9.97 Å². The van der Waals surface area contributed by atoms with Crippen LogP contribution in [0.5, 0.6) is 5.75 Å². The molecule has 4 aromatic rings. The zero-order valence-corrected chi connectivity index (χ0v) is 16.0. The van der Waals surface area contributed by atoms with E-state index in [0.29, 0.717) is 10.0 Å². The molecule has 0 aliphatic carbocycles. The quantitative estimate of drug-likeness (QED) is 0.420. The molecule has 0 saturated heterocycles. The molecule has 2 aromatic carbocycles. The van der Waals surface area contributed by atoms with Crippen LogP contribution in [0.25, 0.3) is 22.3 Å². The van der Waals surface area contributed by atoms with Crippen molar-refractivity contribution < 1.29 is 4.74 Å². The number of methoxy groups -OCH3 is 1. The third-order valence-electron chi connectivity index (χ3n) is 3.84. The summed E-state index contributed by atoms with van der Waals surface area (Å²) in [6, 6.07) is 15.3. The van der Waals surface area contributed by atoms with E-state index in [1.807, 2.05) is 42.5 Å². The van der Waals surface area contributed by atoms with Crippen LogP contribution < -0.4 is 4.74 Å². The molecular formula is C19H13Cl2N3OS. The smallest absolute Gasteiger partial charge is 0.142 e. The van der Waals surface area contributed by atoms with E-state index in [1.165, 1.54) is 11.8 Å². The number of aromatic amines is 1. The number of aromatic nitrogens is 3. The summed E-state index contributed by atoms with van der Waals surface area (Å²) in [4.78, 5) is 13.0. The average molecular weight is 402 g/mol. The maximum atomic E-state index is 6.10. The van der Waals surface area contributed by atoms with Crippen LogP contribution in [-0.4, -0.2) is 22.1 Å². The van der Waals surface area contributed by atoms with Crippen LogP contribution in [0.2, 0.25) is 10.0 Å². The monoisotopic (exact) mass is 401 g/mol. The highest BCUT2D eigenvalue weighted by Crippen LogP contribution is 2.35. The average Bonchev–Trinajstić information content (AvgIpc) is 3.06. The number of halogens is 2. The predicted octanol–water partition coefficient (Wildman–Crippen LogP) is 6.09. The van der Waals surface area contributed by atoms with Gasteiger partial charge in [-0.15, -0.1) is 0 Å². The number of H-pyrrole nitrogens is 1. The Morgan fingerprint density at radius 1 is 0.962 bits per heavy atom. The topological polar surface area (TPSA) is 50.8 Å². The molecule has 0 saturated carbocycles. The van der Waals surface area contributed by atoms with Gasteiger partial charge in [-0.05, 0) is 54.1 Å². The predicted molar refractivity (Wildman–Crippen MR) is 106 cm³/mol. The van der Waals surface area contributed by atoms with Gasteiger partial charge < -0.3 is 9.72 Å². The second kappa shape index (κ2) is 7.19. The Morgan fingerprint density at radius 2 is 1.69 bits per heavy atom. The molecule has 130 valence electrons. The highest BCUT2D eigenvalue weighted by atomic mass is 35.5. The molecule has 0 bridgehead atoms. The van der Waals surface area contributed by atoms with Gasteiger partial charge in [0, 0.05) is 20.6 Å². The minimum atomic E-state index is 0.596. The van der Waals surface area contributed by atoms with Crippen LogP contribution in [0.1, 0.15) is 0 Å². The fourth-order valence-electron chi connectivity index (χ4n) is 2.62. The number of hydrogen-bond acceptors (Lipinski definition) is 4. The minimum Gasteiger partial charge on any atom is -0.497 e. The van der Waals surface area contributed by atoms with Gasteiger partial charge in [-0.3, -0.25) is 0 Å². The van der Waals surface area contributed by atoms with Gasteiger partial charge in [0.25, 0.3) is 0 Å². The van der Waals surface area contributed by atoms with Crippen LogP contribution in [-0.2, 0) is 0 Å².